The Balaban J connectivity index is 0.00000259. The molecule has 0 amide bonds. The molecule has 1 aliphatic carbocycles. The maximum absolute atomic E-state index is 10.1. The summed E-state index contributed by atoms with van der Waals surface area (Å²) in [6.07, 6.45) is 9.82. The van der Waals surface area contributed by atoms with Gasteiger partial charge in [-0.3, -0.25) is 0 Å². The van der Waals surface area contributed by atoms with Crippen LogP contribution in [-0.4, -0.2) is 21.9 Å². The highest BCUT2D eigenvalue weighted by Gasteiger charge is 2.44. The van der Waals surface area contributed by atoms with Crippen LogP contribution in [0.4, 0.5) is 5.69 Å². The van der Waals surface area contributed by atoms with E-state index in [-0.39, 0.29) is 35.1 Å². The number of ether oxygens (including phenoxy) is 1. The van der Waals surface area contributed by atoms with Gasteiger partial charge in [0, 0.05) is 33.8 Å². The number of phenols is 1. The minimum atomic E-state index is -0.0811. The van der Waals surface area contributed by atoms with Crippen molar-refractivity contribution in [3.63, 3.8) is 0 Å². The number of allylic oxidation sites excluding steroid dienone is 4. The Kier molecular flexibility index (Phi) is 7.00. The summed E-state index contributed by atoms with van der Waals surface area (Å²) in [6.45, 7) is 7.72. The zero-order chi connectivity index (χ0) is 22.6. The molecular formula is C27H26Br2INO2. The Morgan fingerprint density at radius 2 is 1.91 bits per heavy atom. The van der Waals surface area contributed by atoms with Gasteiger partial charge in [0.25, 0.3) is 0 Å². The third kappa shape index (κ3) is 4.27. The van der Waals surface area contributed by atoms with Crippen molar-refractivity contribution in [2.24, 2.45) is 0 Å². The minimum Gasteiger partial charge on any atom is -1.00 e. The molecule has 0 saturated heterocycles. The Morgan fingerprint density at radius 3 is 2.67 bits per heavy atom. The van der Waals surface area contributed by atoms with Crippen molar-refractivity contribution < 1.29 is 38.4 Å². The monoisotopic (exact) mass is 681 g/mol. The van der Waals surface area contributed by atoms with E-state index < -0.39 is 0 Å². The molecule has 1 N–H and O–H groups in total. The molecule has 0 fully saturated rings. The van der Waals surface area contributed by atoms with Gasteiger partial charge in [0.05, 0.1) is 9.89 Å². The van der Waals surface area contributed by atoms with Crippen LogP contribution in [0.25, 0.3) is 6.08 Å². The van der Waals surface area contributed by atoms with Gasteiger partial charge in [-0.15, -0.1) is 0 Å². The highest BCUT2D eigenvalue weighted by molar-refractivity contribution is 9.10. The molecule has 0 bridgehead atoms. The van der Waals surface area contributed by atoms with Gasteiger partial charge < -0.3 is 33.8 Å². The molecule has 0 atom stereocenters. The lowest BCUT2D eigenvalue weighted by Gasteiger charge is -2.27. The number of hydrogen-bond donors (Lipinski definition) is 1. The second kappa shape index (κ2) is 9.34. The van der Waals surface area contributed by atoms with Gasteiger partial charge in [0.15, 0.2) is 5.71 Å². The number of rotatable bonds is 3. The largest absolute Gasteiger partial charge is 1.00 e. The van der Waals surface area contributed by atoms with Gasteiger partial charge in [-0.05, 0) is 97.5 Å². The van der Waals surface area contributed by atoms with Crippen LogP contribution >= 0.6 is 31.9 Å². The van der Waals surface area contributed by atoms with Crippen LogP contribution in [0.2, 0.25) is 0 Å². The van der Waals surface area contributed by atoms with Crippen LogP contribution in [-0.2, 0) is 5.41 Å². The first kappa shape index (κ1) is 24.7. The van der Waals surface area contributed by atoms with E-state index in [1.165, 1.54) is 28.1 Å². The number of aromatic hydroxyl groups is 1. The van der Waals surface area contributed by atoms with E-state index in [2.05, 4.69) is 93.6 Å². The number of halogens is 3. The van der Waals surface area contributed by atoms with Crippen LogP contribution < -0.4 is 28.7 Å². The first-order valence-corrected chi connectivity index (χ1v) is 12.7. The quantitative estimate of drug-likeness (QED) is 0.374. The van der Waals surface area contributed by atoms with Gasteiger partial charge in [-0.1, -0.05) is 15.9 Å². The number of hydrogen-bond acceptors (Lipinski definition) is 2. The first-order chi connectivity index (χ1) is 15.3. The third-order valence-electron chi connectivity index (χ3n) is 6.71. The zero-order valence-electron chi connectivity index (χ0n) is 18.9. The molecule has 5 rings (SSSR count). The van der Waals surface area contributed by atoms with Crippen LogP contribution in [0, 0.1) is 0 Å². The second-order valence-electron chi connectivity index (χ2n) is 9.07. The summed E-state index contributed by atoms with van der Waals surface area (Å²) in [5, 5.41) is 10.1. The fourth-order valence-corrected chi connectivity index (χ4v) is 5.78. The predicted octanol–water partition coefficient (Wildman–Crippen LogP) is 4.79. The minimum absolute atomic E-state index is 0. The van der Waals surface area contributed by atoms with Crippen molar-refractivity contribution >= 4 is 49.3 Å². The number of fused-ring (bicyclic) bond motifs is 3. The Bertz CT molecular complexity index is 1270. The van der Waals surface area contributed by atoms with E-state index in [0.29, 0.717) is 10.2 Å². The van der Waals surface area contributed by atoms with E-state index >= 15 is 0 Å². The van der Waals surface area contributed by atoms with Gasteiger partial charge in [0.1, 0.15) is 23.8 Å². The molecule has 0 aromatic heterocycles. The lowest BCUT2D eigenvalue weighted by atomic mass is 9.81. The maximum atomic E-state index is 10.1. The average Bonchev–Trinajstić information content (AvgIpc) is 2.97. The molecule has 2 heterocycles. The summed E-state index contributed by atoms with van der Waals surface area (Å²) in [7, 11) is 0. The summed E-state index contributed by atoms with van der Waals surface area (Å²) in [6, 6.07) is 10.2. The topological polar surface area (TPSA) is 32.5 Å². The van der Waals surface area contributed by atoms with Gasteiger partial charge in [0.2, 0.25) is 5.69 Å². The van der Waals surface area contributed by atoms with E-state index in [1.807, 2.05) is 6.07 Å². The summed E-state index contributed by atoms with van der Waals surface area (Å²) < 4.78 is 10.5. The molecule has 6 heteroatoms. The van der Waals surface area contributed by atoms with Gasteiger partial charge >= 0.3 is 0 Å². The fourth-order valence-electron chi connectivity index (χ4n) is 5.06. The Hall–Kier alpha value is -1.38. The molecule has 0 spiro atoms. The average molecular weight is 683 g/mol. The van der Waals surface area contributed by atoms with Crippen LogP contribution in [0.5, 0.6) is 11.5 Å². The lowest BCUT2D eigenvalue weighted by molar-refractivity contribution is -0.433. The molecule has 172 valence electrons. The lowest BCUT2D eigenvalue weighted by Crippen LogP contribution is -3.00. The van der Waals surface area contributed by atoms with E-state index in [9.17, 15) is 5.11 Å². The van der Waals surface area contributed by atoms with Crippen LogP contribution in [0.1, 0.15) is 51.2 Å². The standard InChI is InChI=1S/C27H25Br2NO2.HI/c1-4-30-22-10-9-19(28)14-20(22)27(2,3)25(30)11-8-16-6-5-7-17-12-18-13-21(29)23(31)15-24(18)32-26(16)17;/h8-15H,4-7H2,1-3H3;1H. The molecule has 3 aliphatic rings. The maximum Gasteiger partial charge on any atom is 0.209 e. The van der Waals surface area contributed by atoms with E-state index in [4.69, 9.17) is 4.74 Å². The number of phenolic OH excluding ortho intramolecular Hbond substituents is 1. The van der Waals surface area contributed by atoms with Crippen molar-refractivity contribution in [2.45, 2.75) is 45.4 Å². The van der Waals surface area contributed by atoms with Gasteiger partial charge in [-0.25, -0.2) is 0 Å². The molecular weight excluding hydrogens is 657 g/mol. The summed E-state index contributed by atoms with van der Waals surface area (Å²) in [4.78, 5) is 0. The number of benzene rings is 2. The van der Waals surface area contributed by atoms with Crippen molar-refractivity contribution in [1.29, 1.82) is 0 Å². The molecule has 33 heavy (non-hydrogen) atoms. The Labute approximate surface area is 229 Å². The molecule has 0 radical (unpaired) electrons. The van der Waals surface area contributed by atoms with Crippen molar-refractivity contribution in [3.8, 4) is 11.5 Å². The van der Waals surface area contributed by atoms with Gasteiger partial charge in [-0.2, -0.15) is 4.58 Å². The van der Waals surface area contributed by atoms with Crippen molar-refractivity contribution in [1.82, 2.24) is 0 Å². The fraction of sp³-hybridized carbons (Fsp3) is 0.296. The van der Waals surface area contributed by atoms with E-state index in [1.54, 1.807) is 6.07 Å². The van der Waals surface area contributed by atoms with Crippen LogP contribution in [0.15, 0.2) is 68.3 Å². The normalized spacial score (nSPS) is 18.4. The zero-order valence-corrected chi connectivity index (χ0v) is 24.2. The predicted molar refractivity (Wildman–Crippen MR) is 137 cm³/mol. The van der Waals surface area contributed by atoms with Crippen molar-refractivity contribution in [2.75, 3.05) is 6.54 Å². The second-order valence-corrected chi connectivity index (χ2v) is 10.8. The molecule has 0 saturated carbocycles. The highest BCUT2D eigenvalue weighted by atomic mass is 127. The first-order valence-electron chi connectivity index (χ1n) is 11.1. The third-order valence-corrected chi connectivity index (χ3v) is 7.84. The van der Waals surface area contributed by atoms with E-state index in [0.717, 1.165) is 41.6 Å². The molecule has 0 unspecified atom stereocenters. The van der Waals surface area contributed by atoms with Crippen molar-refractivity contribution in [3.05, 3.63) is 79.5 Å². The smallest absolute Gasteiger partial charge is 0.209 e. The molecule has 2 aromatic carbocycles. The molecule has 3 nitrogen and oxygen atoms in total. The Morgan fingerprint density at radius 1 is 1.12 bits per heavy atom. The highest BCUT2D eigenvalue weighted by Crippen LogP contribution is 2.44. The molecule has 2 aromatic rings. The molecule has 2 aliphatic heterocycles. The summed E-state index contributed by atoms with van der Waals surface area (Å²) in [5.74, 6) is 1.85. The SMILES string of the molecule is CC[N+]1=C(/C=C/C2=C3Oc4cc(O)c(Br)cc4C=C3CCC2)C(C)(C)c2cc(Br)ccc21.[I-]. The summed E-state index contributed by atoms with van der Waals surface area (Å²) >= 11 is 7.05. The number of nitrogens with zero attached hydrogens (tertiary/aromatic N) is 1. The van der Waals surface area contributed by atoms with Crippen LogP contribution in [0.3, 0.4) is 0 Å². The summed E-state index contributed by atoms with van der Waals surface area (Å²) in [5.41, 5.74) is 7.30.